The quantitative estimate of drug-likeness (QED) is 0.194. The van der Waals surface area contributed by atoms with Crippen molar-refractivity contribution in [1.29, 1.82) is 0 Å². The zero-order chi connectivity index (χ0) is 31.9. The Labute approximate surface area is 216 Å². The predicted molar refractivity (Wildman–Crippen MR) is 103 cm³/mol. The van der Waals surface area contributed by atoms with E-state index in [0.29, 0.717) is 0 Å². The van der Waals surface area contributed by atoms with Gasteiger partial charge in [-0.15, -0.1) is 0 Å². The summed E-state index contributed by atoms with van der Waals surface area (Å²) in [6.07, 6.45) is 0. The van der Waals surface area contributed by atoms with Gasteiger partial charge in [-0.2, -0.15) is 0 Å². The first-order chi connectivity index (χ1) is 19.4. The second-order valence-corrected chi connectivity index (χ2v) is 7.61. The van der Waals surface area contributed by atoms with Gasteiger partial charge in [0.1, 0.15) is 17.1 Å². The summed E-state index contributed by atoms with van der Waals surface area (Å²) in [6, 6.07) is 0. The van der Waals surface area contributed by atoms with Crippen LogP contribution in [0, 0.1) is 87.3 Å². The normalized spacial score (nSPS) is 11.5. The highest BCUT2D eigenvalue weighted by Crippen LogP contribution is 2.28. The van der Waals surface area contributed by atoms with E-state index in [4.69, 9.17) is 0 Å². The molecule has 4 rings (SSSR count). The van der Waals surface area contributed by atoms with E-state index in [1.807, 2.05) is 0 Å². The summed E-state index contributed by atoms with van der Waals surface area (Å²) < 4.78 is 207. The minimum absolute atomic E-state index is 1.51. The third-order valence-electron chi connectivity index (χ3n) is 5.38. The van der Waals surface area contributed by atoms with Crippen LogP contribution < -0.4 is 17.1 Å². The molecule has 21 heteroatoms. The highest BCUT2D eigenvalue weighted by Gasteiger charge is 2.36. The van der Waals surface area contributed by atoms with Gasteiger partial charge in [-0.25, -0.2) is 93.9 Å². The van der Waals surface area contributed by atoms with Crippen LogP contribution in [0.2, 0.25) is 0 Å². The minimum atomic E-state index is -3.10. The van der Waals surface area contributed by atoms with E-state index in [1.54, 1.807) is 0 Å². The third kappa shape index (κ3) is 3.82. The lowest BCUT2D eigenvalue weighted by Crippen LogP contribution is -2.54. The number of aromatic nitrogens is 3. The van der Waals surface area contributed by atoms with Gasteiger partial charge in [-0.3, -0.25) is 0 Å². The van der Waals surface area contributed by atoms with Crippen molar-refractivity contribution < 1.29 is 65.9 Å². The summed E-state index contributed by atoms with van der Waals surface area (Å²) in [5.74, 6) is -45.9. The van der Waals surface area contributed by atoms with Gasteiger partial charge < -0.3 is 0 Å². The highest BCUT2D eigenvalue weighted by molar-refractivity contribution is 5.43. The standard InChI is InChI=1S/C21F15N3O3/c22-1-4(25)10(31)16(11(32)5(1)26)37-19(40)38(17-12(33)6(27)2(23)7(28)13(17)34)21(42)39(20(37)41)18-14(35)8(29)3(24)9(30)15(18)36. The fourth-order valence-electron chi connectivity index (χ4n) is 3.49. The highest BCUT2D eigenvalue weighted by atomic mass is 19.2. The molecule has 0 fully saturated rings. The summed E-state index contributed by atoms with van der Waals surface area (Å²) in [4.78, 5) is 38.8. The molecule has 0 aliphatic heterocycles. The Hall–Kier alpha value is -4.98. The predicted octanol–water partition coefficient (Wildman–Crippen LogP) is 4.23. The molecule has 0 bridgehead atoms. The first kappa shape index (κ1) is 30.0. The molecule has 0 atom stereocenters. The molecule has 222 valence electrons. The molecule has 0 radical (unpaired) electrons. The molecule has 3 aromatic carbocycles. The fraction of sp³-hybridized carbons (Fsp3) is 0. The Morgan fingerprint density at radius 2 is 0.357 bits per heavy atom. The van der Waals surface area contributed by atoms with Crippen LogP contribution in [0.1, 0.15) is 0 Å². The summed E-state index contributed by atoms with van der Waals surface area (Å²) in [5, 5.41) is 0. The second-order valence-electron chi connectivity index (χ2n) is 7.61. The van der Waals surface area contributed by atoms with Crippen LogP contribution in [0.25, 0.3) is 17.1 Å². The van der Waals surface area contributed by atoms with Crippen molar-refractivity contribution in [2.24, 2.45) is 0 Å². The molecule has 0 aliphatic carbocycles. The van der Waals surface area contributed by atoms with E-state index in [0.717, 1.165) is 0 Å². The molecule has 0 saturated heterocycles. The third-order valence-corrected chi connectivity index (χ3v) is 5.38. The van der Waals surface area contributed by atoms with Crippen molar-refractivity contribution in [3.8, 4) is 17.1 Å². The zero-order valence-corrected chi connectivity index (χ0v) is 18.7. The van der Waals surface area contributed by atoms with Crippen LogP contribution in [0.5, 0.6) is 0 Å². The number of rotatable bonds is 3. The van der Waals surface area contributed by atoms with E-state index in [-0.39, 0.29) is 0 Å². The SMILES string of the molecule is O=c1n(-c2c(F)c(F)c(F)c(F)c2F)c(=O)n(-c2c(F)c(F)c(F)c(F)c2F)c(=O)n1-c1c(F)c(F)c(F)c(F)c1F. The Balaban J connectivity index is 2.44. The molecule has 0 spiro atoms. The molecule has 0 N–H and O–H groups in total. The van der Waals surface area contributed by atoms with Gasteiger partial charge in [0.05, 0.1) is 0 Å². The van der Waals surface area contributed by atoms with E-state index >= 15 is 0 Å². The number of nitrogens with zero attached hydrogens (tertiary/aromatic N) is 3. The van der Waals surface area contributed by atoms with Gasteiger partial charge in [0.15, 0.2) is 69.8 Å². The minimum Gasteiger partial charge on any atom is -0.246 e. The first-order valence-electron chi connectivity index (χ1n) is 9.96. The molecule has 4 aromatic rings. The molecule has 6 nitrogen and oxygen atoms in total. The summed E-state index contributed by atoms with van der Waals surface area (Å²) in [5.41, 5.74) is -17.5. The van der Waals surface area contributed by atoms with Crippen molar-refractivity contribution in [3.05, 3.63) is 119 Å². The smallest absolute Gasteiger partial charge is 0.246 e. The van der Waals surface area contributed by atoms with Crippen molar-refractivity contribution in [2.45, 2.75) is 0 Å². The number of hydrogen-bond donors (Lipinski definition) is 0. The summed E-state index contributed by atoms with van der Waals surface area (Å²) in [6.45, 7) is 0. The maximum Gasteiger partial charge on any atom is 0.346 e. The summed E-state index contributed by atoms with van der Waals surface area (Å²) in [7, 11) is 0. The molecule has 0 unspecified atom stereocenters. The van der Waals surface area contributed by atoms with E-state index < -0.39 is 135 Å². The topological polar surface area (TPSA) is 66.0 Å². The number of benzene rings is 3. The van der Waals surface area contributed by atoms with Gasteiger partial charge in [0.2, 0.25) is 17.5 Å². The number of hydrogen-bond acceptors (Lipinski definition) is 3. The molecule has 0 aliphatic rings. The first-order valence-corrected chi connectivity index (χ1v) is 9.96. The Kier molecular flexibility index (Phi) is 7.02. The van der Waals surface area contributed by atoms with E-state index in [9.17, 15) is 80.2 Å². The van der Waals surface area contributed by atoms with Crippen LogP contribution in [0.15, 0.2) is 14.4 Å². The average molecular weight is 627 g/mol. The van der Waals surface area contributed by atoms with Crippen LogP contribution >= 0.6 is 0 Å². The van der Waals surface area contributed by atoms with Crippen LogP contribution in [0.4, 0.5) is 65.9 Å². The molecule has 0 saturated carbocycles. The van der Waals surface area contributed by atoms with Gasteiger partial charge in [0, 0.05) is 0 Å². The largest absolute Gasteiger partial charge is 0.346 e. The van der Waals surface area contributed by atoms with Crippen molar-refractivity contribution in [1.82, 2.24) is 13.7 Å². The second kappa shape index (κ2) is 9.83. The molecule has 1 aromatic heterocycles. The molecule has 0 amide bonds. The lowest BCUT2D eigenvalue weighted by Gasteiger charge is -2.17. The maximum atomic E-state index is 14.5. The average Bonchev–Trinajstić information content (AvgIpc) is 2.95. The van der Waals surface area contributed by atoms with Gasteiger partial charge in [-0.1, -0.05) is 0 Å². The summed E-state index contributed by atoms with van der Waals surface area (Å²) >= 11 is 0. The zero-order valence-electron chi connectivity index (χ0n) is 18.7. The lowest BCUT2D eigenvalue weighted by atomic mass is 10.2. The van der Waals surface area contributed by atoms with Gasteiger partial charge in [0.25, 0.3) is 0 Å². The Morgan fingerprint density at radius 3 is 0.500 bits per heavy atom. The van der Waals surface area contributed by atoms with Crippen molar-refractivity contribution in [3.63, 3.8) is 0 Å². The molecule has 1 heterocycles. The van der Waals surface area contributed by atoms with Crippen molar-refractivity contribution >= 4 is 0 Å². The van der Waals surface area contributed by atoms with E-state index in [2.05, 4.69) is 0 Å². The van der Waals surface area contributed by atoms with Crippen LogP contribution in [-0.2, 0) is 0 Å². The molecule has 42 heavy (non-hydrogen) atoms. The fourth-order valence-corrected chi connectivity index (χ4v) is 3.49. The Bertz CT molecular complexity index is 1720. The molecular weight excluding hydrogens is 627 g/mol. The lowest BCUT2D eigenvalue weighted by molar-refractivity contribution is 0.365. The van der Waals surface area contributed by atoms with Crippen LogP contribution in [-0.4, -0.2) is 13.7 Å². The monoisotopic (exact) mass is 627 g/mol. The van der Waals surface area contributed by atoms with Crippen molar-refractivity contribution in [2.75, 3.05) is 0 Å². The maximum absolute atomic E-state index is 14.5. The van der Waals surface area contributed by atoms with Crippen LogP contribution in [0.3, 0.4) is 0 Å². The van der Waals surface area contributed by atoms with Gasteiger partial charge >= 0.3 is 17.1 Å². The van der Waals surface area contributed by atoms with E-state index in [1.165, 1.54) is 0 Å². The Morgan fingerprint density at radius 1 is 0.238 bits per heavy atom. The number of halogens is 15. The van der Waals surface area contributed by atoms with Gasteiger partial charge in [-0.05, 0) is 0 Å². The molecular formula is C21F15N3O3.